The molecule has 0 spiro atoms. The minimum Gasteiger partial charge on any atom is -0.465 e. The summed E-state index contributed by atoms with van der Waals surface area (Å²) in [5.41, 5.74) is 2.45. The van der Waals surface area contributed by atoms with E-state index in [1.807, 2.05) is 33.7 Å². The molecule has 0 aliphatic carbocycles. The summed E-state index contributed by atoms with van der Waals surface area (Å²) >= 11 is 0. The van der Waals surface area contributed by atoms with Crippen LogP contribution in [-0.4, -0.2) is 47.8 Å². The maximum absolute atomic E-state index is 13.3. The monoisotopic (exact) mass is 477 g/mol. The van der Waals surface area contributed by atoms with Gasteiger partial charge in [-0.1, -0.05) is 32.0 Å². The molecule has 2 aromatic carbocycles. The lowest BCUT2D eigenvalue weighted by Gasteiger charge is -2.33. The first-order valence-electron chi connectivity index (χ1n) is 11.9. The number of piperidine rings is 1. The minimum absolute atomic E-state index is 0.0339. The average molecular weight is 478 g/mol. The highest BCUT2D eigenvalue weighted by Crippen LogP contribution is 2.20. The zero-order chi connectivity index (χ0) is 24.9. The maximum atomic E-state index is 13.3. The van der Waals surface area contributed by atoms with E-state index in [1.165, 1.54) is 7.11 Å². The van der Waals surface area contributed by atoms with E-state index >= 15 is 0 Å². The van der Waals surface area contributed by atoms with Crippen molar-refractivity contribution >= 4 is 34.5 Å². The second kappa shape index (κ2) is 10.6. The molecule has 1 aliphatic heterocycles. The van der Waals surface area contributed by atoms with Gasteiger partial charge in [0.2, 0.25) is 0 Å². The number of esters is 1. The van der Waals surface area contributed by atoms with Gasteiger partial charge in [0, 0.05) is 31.4 Å². The van der Waals surface area contributed by atoms with Crippen molar-refractivity contribution < 1.29 is 14.3 Å². The summed E-state index contributed by atoms with van der Waals surface area (Å²) in [5.74, 6) is 0.330. The van der Waals surface area contributed by atoms with Gasteiger partial charge >= 0.3 is 12.0 Å². The summed E-state index contributed by atoms with van der Waals surface area (Å²) in [4.78, 5) is 44.2. The van der Waals surface area contributed by atoms with Gasteiger partial charge in [-0.25, -0.2) is 14.6 Å². The summed E-state index contributed by atoms with van der Waals surface area (Å²) in [5, 5.41) is 5.76. The van der Waals surface area contributed by atoms with Crippen molar-refractivity contribution in [3.8, 4) is 0 Å². The fourth-order valence-corrected chi connectivity index (χ4v) is 4.36. The smallest absolute Gasteiger partial charge is 0.337 e. The highest BCUT2D eigenvalue weighted by molar-refractivity contribution is 5.94. The number of carbonyl (C=O) groups excluding carboxylic acids is 2. The highest BCUT2D eigenvalue weighted by atomic mass is 16.5. The molecule has 0 unspecified atom stereocenters. The van der Waals surface area contributed by atoms with Crippen LogP contribution >= 0.6 is 0 Å². The Morgan fingerprint density at radius 2 is 1.86 bits per heavy atom. The quantitative estimate of drug-likeness (QED) is 0.525. The molecule has 1 saturated heterocycles. The van der Waals surface area contributed by atoms with Crippen molar-refractivity contribution in [3.05, 3.63) is 64.4 Å². The number of fused-ring (bicyclic) bond motifs is 1. The summed E-state index contributed by atoms with van der Waals surface area (Å²) in [6.07, 6.45) is 1.38. The molecule has 1 aromatic heterocycles. The largest absolute Gasteiger partial charge is 0.465 e. The van der Waals surface area contributed by atoms with E-state index < -0.39 is 5.97 Å². The number of hydrogen-bond acceptors (Lipinski definition) is 6. The fourth-order valence-electron chi connectivity index (χ4n) is 4.36. The number of ether oxygens (including phenoxy) is 1. The third-order valence-corrected chi connectivity index (χ3v) is 6.05. The SMILES string of the molecule is COC(=O)c1cccc(NC(=O)NC2CCN(c3nc4ccccc4n(CC(C)C)c3=O)CC2)c1. The molecular formula is C26H31N5O4. The van der Waals surface area contributed by atoms with Gasteiger partial charge in [-0.2, -0.15) is 0 Å². The summed E-state index contributed by atoms with van der Waals surface area (Å²) < 4.78 is 6.54. The number of benzene rings is 2. The van der Waals surface area contributed by atoms with Crippen LogP contribution in [0.15, 0.2) is 53.3 Å². The van der Waals surface area contributed by atoms with E-state index in [9.17, 15) is 14.4 Å². The van der Waals surface area contributed by atoms with Crippen molar-refractivity contribution in [1.29, 1.82) is 0 Å². The summed E-state index contributed by atoms with van der Waals surface area (Å²) in [6.45, 7) is 6.05. The predicted molar refractivity (Wildman–Crippen MR) is 136 cm³/mol. The Bertz CT molecular complexity index is 1280. The van der Waals surface area contributed by atoms with Crippen LogP contribution in [0.3, 0.4) is 0 Å². The Labute approximate surface area is 204 Å². The average Bonchev–Trinajstić information content (AvgIpc) is 2.85. The van der Waals surface area contributed by atoms with E-state index in [2.05, 4.69) is 24.5 Å². The number of urea groups is 1. The number of nitrogens with one attached hydrogen (secondary N) is 2. The zero-order valence-corrected chi connectivity index (χ0v) is 20.3. The van der Waals surface area contributed by atoms with Gasteiger partial charge in [-0.3, -0.25) is 4.79 Å². The lowest BCUT2D eigenvalue weighted by atomic mass is 10.1. The molecule has 1 fully saturated rings. The number of nitrogens with zero attached hydrogens (tertiary/aromatic N) is 3. The maximum Gasteiger partial charge on any atom is 0.337 e. The number of para-hydroxylation sites is 2. The Kier molecular flexibility index (Phi) is 7.33. The van der Waals surface area contributed by atoms with Gasteiger partial charge in [-0.05, 0) is 49.1 Å². The summed E-state index contributed by atoms with van der Waals surface area (Å²) in [6, 6.07) is 13.9. The molecule has 9 heteroatoms. The molecule has 3 aromatic rings. The van der Waals surface area contributed by atoms with Crippen molar-refractivity contribution in [2.75, 3.05) is 30.4 Å². The molecule has 2 amide bonds. The molecule has 1 aliphatic rings. The lowest BCUT2D eigenvalue weighted by molar-refractivity contribution is 0.0600. The van der Waals surface area contributed by atoms with Crippen molar-refractivity contribution in [1.82, 2.24) is 14.9 Å². The van der Waals surface area contributed by atoms with Crippen molar-refractivity contribution in [3.63, 3.8) is 0 Å². The third kappa shape index (κ3) is 5.62. The minimum atomic E-state index is -0.462. The molecular weight excluding hydrogens is 446 g/mol. The first-order chi connectivity index (χ1) is 16.9. The van der Waals surface area contributed by atoms with Gasteiger partial charge in [0.1, 0.15) is 0 Å². The van der Waals surface area contributed by atoms with E-state index in [0.717, 1.165) is 11.0 Å². The standard InChI is InChI=1S/C26H31N5O4/c1-17(2)16-31-22-10-5-4-9-21(22)29-23(24(31)32)30-13-11-19(12-14-30)27-26(34)28-20-8-6-7-18(15-20)25(33)35-3/h4-10,15,17,19H,11-14,16H2,1-3H3,(H2,27,28,34). The molecule has 9 nitrogen and oxygen atoms in total. The predicted octanol–water partition coefficient (Wildman–Crippen LogP) is 3.63. The normalized spacial score (nSPS) is 14.2. The topological polar surface area (TPSA) is 106 Å². The van der Waals surface area contributed by atoms with Gasteiger partial charge in [0.05, 0.1) is 23.7 Å². The summed E-state index contributed by atoms with van der Waals surface area (Å²) in [7, 11) is 1.31. The Hall–Kier alpha value is -3.88. The zero-order valence-electron chi connectivity index (χ0n) is 20.3. The second-order valence-corrected chi connectivity index (χ2v) is 9.17. The number of rotatable bonds is 6. The Morgan fingerprint density at radius 3 is 2.57 bits per heavy atom. The first-order valence-corrected chi connectivity index (χ1v) is 11.9. The van der Waals surface area contributed by atoms with Gasteiger partial charge in [0.25, 0.3) is 5.56 Å². The Morgan fingerprint density at radius 1 is 1.11 bits per heavy atom. The van der Waals surface area contributed by atoms with Crippen LogP contribution in [0.4, 0.5) is 16.3 Å². The molecule has 2 heterocycles. The molecule has 35 heavy (non-hydrogen) atoms. The number of hydrogen-bond donors (Lipinski definition) is 2. The fraction of sp³-hybridized carbons (Fsp3) is 0.385. The van der Waals surface area contributed by atoms with Gasteiger partial charge in [-0.15, -0.1) is 0 Å². The third-order valence-electron chi connectivity index (χ3n) is 6.05. The molecule has 0 atom stereocenters. The van der Waals surface area contributed by atoms with Crippen LogP contribution in [0, 0.1) is 5.92 Å². The molecule has 2 N–H and O–H groups in total. The van der Waals surface area contributed by atoms with E-state index in [1.54, 1.807) is 24.3 Å². The number of methoxy groups -OCH3 is 1. The van der Waals surface area contributed by atoms with Crippen molar-refractivity contribution in [2.45, 2.75) is 39.3 Å². The van der Waals surface area contributed by atoms with Crippen molar-refractivity contribution in [2.24, 2.45) is 5.92 Å². The Balaban J connectivity index is 1.41. The first kappa shape index (κ1) is 24.3. The van der Waals surface area contributed by atoms with Crippen LogP contribution in [0.5, 0.6) is 0 Å². The molecule has 0 bridgehead atoms. The van der Waals surface area contributed by atoms with Gasteiger partial charge in [0.15, 0.2) is 5.82 Å². The van der Waals surface area contributed by atoms with E-state index in [0.29, 0.717) is 55.5 Å². The van der Waals surface area contributed by atoms with Crippen LogP contribution in [0.2, 0.25) is 0 Å². The molecule has 0 saturated carbocycles. The molecule has 4 rings (SSSR count). The lowest BCUT2D eigenvalue weighted by Crippen LogP contribution is -2.47. The van der Waals surface area contributed by atoms with Crippen LogP contribution in [0.25, 0.3) is 11.0 Å². The van der Waals surface area contributed by atoms with Crippen LogP contribution in [0.1, 0.15) is 37.0 Å². The number of aromatic nitrogens is 2. The number of amides is 2. The molecule has 184 valence electrons. The second-order valence-electron chi connectivity index (χ2n) is 9.17. The van der Waals surface area contributed by atoms with E-state index in [4.69, 9.17) is 9.72 Å². The highest BCUT2D eigenvalue weighted by Gasteiger charge is 2.25. The number of carbonyl (C=O) groups is 2. The van der Waals surface area contributed by atoms with Gasteiger partial charge < -0.3 is 24.8 Å². The van der Waals surface area contributed by atoms with Crippen LogP contribution < -0.4 is 21.1 Å². The molecule has 0 radical (unpaired) electrons. The number of anilines is 2. The van der Waals surface area contributed by atoms with Crippen LogP contribution in [-0.2, 0) is 11.3 Å². The van der Waals surface area contributed by atoms with E-state index in [-0.39, 0.29) is 17.6 Å².